The number of methoxy groups -OCH3 is 1. The van der Waals surface area contributed by atoms with Gasteiger partial charge in [-0.2, -0.15) is 5.10 Å². The van der Waals surface area contributed by atoms with Gasteiger partial charge in [0.05, 0.1) is 36.6 Å². The van der Waals surface area contributed by atoms with Crippen LogP contribution in [-0.2, 0) is 18.0 Å². The van der Waals surface area contributed by atoms with Crippen molar-refractivity contribution in [2.24, 2.45) is 5.10 Å². The number of halogens is 2. The predicted octanol–water partition coefficient (Wildman–Crippen LogP) is 5.23. The monoisotopic (exact) mass is 572 g/mol. The SMILES string of the molecule is COc1ccc(C(=O)Oc2c(Br)cc(Br)cc2C=NNC(=O)c2ccc3c(c2)COC3)cc1. The lowest BCUT2D eigenvalue weighted by molar-refractivity contribution is 0.0732. The summed E-state index contributed by atoms with van der Waals surface area (Å²) >= 11 is 6.83. The Labute approximate surface area is 207 Å². The van der Waals surface area contributed by atoms with Gasteiger partial charge in [-0.3, -0.25) is 4.79 Å². The van der Waals surface area contributed by atoms with Gasteiger partial charge in [-0.15, -0.1) is 0 Å². The molecule has 0 aromatic heterocycles. The van der Waals surface area contributed by atoms with Crippen LogP contribution in [0.1, 0.15) is 37.4 Å². The van der Waals surface area contributed by atoms with Gasteiger partial charge in [0, 0.05) is 15.6 Å². The zero-order valence-corrected chi connectivity index (χ0v) is 20.6. The molecule has 9 heteroatoms. The molecule has 1 aliphatic rings. The number of nitrogens with one attached hydrogen (secondary N) is 1. The van der Waals surface area contributed by atoms with E-state index in [1.54, 1.807) is 55.6 Å². The van der Waals surface area contributed by atoms with E-state index < -0.39 is 5.97 Å². The van der Waals surface area contributed by atoms with Gasteiger partial charge in [0.2, 0.25) is 0 Å². The Hall–Kier alpha value is -3.01. The van der Waals surface area contributed by atoms with Gasteiger partial charge in [-0.1, -0.05) is 22.0 Å². The van der Waals surface area contributed by atoms with Crippen molar-refractivity contribution in [1.29, 1.82) is 0 Å². The number of amides is 1. The zero-order chi connectivity index (χ0) is 23.4. The standard InChI is InChI=1S/C24H18Br2N2O5/c1-31-20-6-4-14(5-7-20)24(30)33-22-17(9-19(25)10-21(22)26)11-27-28-23(29)15-2-3-16-12-32-13-18(16)8-15/h2-11H,12-13H2,1H3,(H,28,29). The van der Waals surface area contributed by atoms with E-state index in [4.69, 9.17) is 14.2 Å². The van der Waals surface area contributed by atoms with Gasteiger partial charge in [0.15, 0.2) is 5.75 Å². The second kappa shape index (κ2) is 10.3. The van der Waals surface area contributed by atoms with Crippen LogP contribution in [0.5, 0.6) is 11.5 Å². The van der Waals surface area contributed by atoms with Gasteiger partial charge >= 0.3 is 5.97 Å². The molecule has 0 fully saturated rings. The van der Waals surface area contributed by atoms with Crippen LogP contribution in [-0.4, -0.2) is 25.2 Å². The Morgan fingerprint density at radius 1 is 1.00 bits per heavy atom. The van der Waals surface area contributed by atoms with Crippen LogP contribution in [0.4, 0.5) is 0 Å². The first kappa shape index (κ1) is 23.2. The fourth-order valence-electron chi connectivity index (χ4n) is 3.20. The van der Waals surface area contributed by atoms with E-state index in [1.807, 2.05) is 6.07 Å². The molecule has 0 saturated carbocycles. The molecule has 7 nitrogen and oxygen atoms in total. The molecule has 1 N–H and O–H groups in total. The molecular formula is C24H18Br2N2O5. The van der Waals surface area contributed by atoms with Crippen molar-refractivity contribution in [3.8, 4) is 11.5 Å². The number of carbonyl (C=O) groups is 2. The van der Waals surface area contributed by atoms with Gasteiger partial charge in [0.25, 0.3) is 5.91 Å². The Balaban J connectivity index is 1.50. The summed E-state index contributed by atoms with van der Waals surface area (Å²) in [5.74, 6) is 0.00837. The molecule has 1 aliphatic heterocycles. The quantitative estimate of drug-likeness (QED) is 0.189. The molecule has 0 atom stereocenters. The summed E-state index contributed by atoms with van der Waals surface area (Å²) in [5.41, 5.74) is 5.92. The maximum atomic E-state index is 12.6. The highest BCUT2D eigenvalue weighted by Crippen LogP contribution is 2.33. The van der Waals surface area contributed by atoms with E-state index in [1.165, 1.54) is 6.21 Å². The van der Waals surface area contributed by atoms with E-state index in [9.17, 15) is 9.59 Å². The molecule has 0 unspecified atom stereocenters. The minimum atomic E-state index is -0.542. The highest BCUT2D eigenvalue weighted by molar-refractivity contribution is 9.11. The number of fused-ring (bicyclic) bond motifs is 1. The molecular weight excluding hydrogens is 556 g/mol. The molecule has 1 amide bonds. The lowest BCUT2D eigenvalue weighted by Crippen LogP contribution is -2.18. The summed E-state index contributed by atoms with van der Waals surface area (Å²) in [6.07, 6.45) is 1.42. The van der Waals surface area contributed by atoms with Gasteiger partial charge < -0.3 is 14.2 Å². The first-order chi connectivity index (χ1) is 15.9. The molecule has 0 spiro atoms. The maximum absolute atomic E-state index is 12.6. The minimum absolute atomic E-state index is 0.270. The van der Waals surface area contributed by atoms with Crippen LogP contribution < -0.4 is 14.9 Å². The smallest absolute Gasteiger partial charge is 0.343 e. The fraction of sp³-hybridized carbons (Fsp3) is 0.125. The molecule has 168 valence electrons. The number of ether oxygens (including phenoxy) is 3. The number of rotatable bonds is 6. The van der Waals surface area contributed by atoms with Crippen molar-refractivity contribution < 1.29 is 23.8 Å². The molecule has 3 aromatic carbocycles. The van der Waals surface area contributed by atoms with E-state index in [-0.39, 0.29) is 11.7 Å². The molecule has 33 heavy (non-hydrogen) atoms. The number of hydrogen-bond donors (Lipinski definition) is 1. The minimum Gasteiger partial charge on any atom is -0.497 e. The lowest BCUT2D eigenvalue weighted by atomic mass is 10.1. The van der Waals surface area contributed by atoms with Crippen molar-refractivity contribution in [2.75, 3.05) is 7.11 Å². The number of carbonyl (C=O) groups excluding carboxylic acids is 2. The number of benzene rings is 3. The number of hydrogen-bond acceptors (Lipinski definition) is 6. The molecule has 0 radical (unpaired) electrons. The van der Waals surface area contributed by atoms with Crippen LogP contribution in [0, 0.1) is 0 Å². The van der Waals surface area contributed by atoms with Crippen molar-refractivity contribution in [1.82, 2.24) is 5.43 Å². The second-order valence-electron chi connectivity index (χ2n) is 7.10. The Bertz CT molecular complexity index is 1240. The summed E-state index contributed by atoms with van der Waals surface area (Å²) in [6, 6.07) is 15.5. The van der Waals surface area contributed by atoms with E-state index in [0.29, 0.717) is 40.1 Å². The average Bonchev–Trinajstić information content (AvgIpc) is 3.29. The summed E-state index contributed by atoms with van der Waals surface area (Å²) < 4.78 is 17.4. The Morgan fingerprint density at radius 2 is 1.73 bits per heavy atom. The first-order valence-electron chi connectivity index (χ1n) is 9.83. The van der Waals surface area contributed by atoms with Crippen LogP contribution in [0.2, 0.25) is 0 Å². The summed E-state index contributed by atoms with van der Waals surface area (Å²) in [6.45, 7) is 1.06. The molecule has 3 aromatic rings. The van der Waals surface area contributed by atoms with E-state index >= 15 is 0 Å². The van der Waals surface area contributed by atoms with Crippen molar-refractivity contribution in [3.63, 3.8) is 0 Å². The van der Waals surface area contributed by atoms with Crippen LogP contribution in [0.3, 0.4) is 0 Å². The summed E-state index contributed by atoms with van der Waals surface area (Å²) in [5, 5.41) is 4.05. The molecule has 0 bridgehead atoms. The second-order valence-corrected chi connectivity index (χ2v) is 8.87. The Kier molecular flexibility index (Phi) is 7.22. The number of nitrogens with zero attached hydrogens (tertiary/aromatic N) is 1. The van der Waals surface area contributed by atoms with E-state index in [2.05, 4.69) is 42.4 Å². The summed E-state index contributed by atoms with van der Waals surface area (Å²) in [4.78, 5) is 25.1. The van der Waals surface area contributed by atoms with E-state index in [0.717, 1.165) is 15.6 Å². The first-order valence-corrected chi connectivity index (χ1v) is 11.4. The van der Waals surface area contributed by atoms with Gasteiger partial charge in [0.1, 0.15) is 5.75 Å². The lowest BCUT2D eigenvalue weighted by Gasteiger charge is -2.11. The van der Waals surface area contributed by atoms with Crippen LogP contribution in [0.25, 0.3) is 0 Å². The average molecular weight is 574 g/mol. The zero-order valence-electron chi connectivity index (χ0n) is 17.4. The number of hydrazone groups is 1. The highest BCUT2D eigenvalue weighted by Gasteiger charge is 2.16. The summed E-state index contributed by atoms with van der Waals surface area (Å²) in [7, 11) is 1.55. The largest absolute Gasteiger partial charge is 0.497 e. The van der Waals surface area contributed by atoms with Crippen LogP contribution in [0.15, 0.2) is 68.6 Å². The third-order valence-corrected chi connectivity index (χ3v) is 5.96. The fourth-order valence-corrected chi connectivity index (χ4v) is 4.54. The van der Waals surface area contributed by atoms with Crippen LogP contribution >= 0.6 is 31.9 Å². The molecule has 0 saturated heterocycles. The topological polar surface area (TPSA) is 86.2 Å². The Morgan fingerprint density at radius 3 is 2.48 bits per heavy atom. The highest BCUT2D eigenvalue weighted by atomic mass is 79.9. The molecule has 0 aliphatic carbocycles. The third kappa shape index (κ3) is 5.50. The van der Waals surface area contributed by atoms with Gasteiger partial charge in [-0.05, 0) is 75.6 Å². The normalized spacial score (nSPS) is 12.5. The van der Waals surface area contributed by atoms with Crippen molar-refractivity contribution in [3.05, 3.63) is 91.4 Å². The number of esters is 1. The van der Waals surface area contributed by atoms with Crippen molar-refractivity contribution >= 4 is 50.0 Å². The molecule has 4 rings (SSSR count). The van der Waals surface area contributed by atoms with Crippen molar-refractivity contribution in [2.45, 2.75) is 13.2 Å². The predicted molar refractivity (Wildman–Crippen MR) is 130 cm³/mol. The molecule has 1 heterocycles. The van der Waals surface area contributed by atoms with Gasteiger partial charge in [-0.25, -0.2) is 10.2 Å². The maximum Gasteiger partial charge on any atom is 0.343 e. The third-order valence-electron chi connectivity index (χ3n) is 4.91.